The highest BCUT2D eigenvalue weighted by molar-refractivity contribution is 5.91. The van der Waals surface area contributed by atoms with Crippen LogP contribution in [0.3, 0.4) is 0 Å². The van der Waals surface area contributed by atoms with Gasteiger partial charge in [-0.2, -0.15) is 5.10 Å². The molecular formula is C14H12N4O2. The summed E-state index contributed by atoms with van der Waals surface area (Å²) in [5.41, 5.74) is 7.31. The van der Waals surface area contributed by atoms with E-state index >= 15 is 0 Å². The standard InChI is InChI=1S/C14H12N4O2/c15-11-8-18(17-13(11)14(19)20)7-10-6-5-9-3-1-2-4-12(9)16-10/h1-6,8H,7,15H2,(H,19,20). The van der Waals surface area contributed by atoms with Crippen molar-refractivity contribution in [1.82, 2.24) is 14.8 Å². The number of nitrogens with zero attached hydrogens (tertiary/aromatic N) is 3. The van der Waals surface area contributed by atoms with Crippen LogP contribution in [0.4, 0.5) is 5.69 Å². The Hall–Kier alpha value is -2.89. The highest BCUT2D eigenvalue weighted by atomic mass is 16.4. The number of rotatable bonds is 3. The number of para-hydroxylation sites is 1. The summed E-state index contributed by atoms with van der Waals surface area (Å²) in [6, 6.07) is 11.7. The predicted molar refractivity (Wildman–Crippen MR) is 74.4 cm³/mol. The van der Waals surface area contributed by atoms with Crippen LogP contribution in [0.2, 0.25) is 0 Å². The van der Waals surface area contributed by atoms with E-state index in [1.54, 1.807) is 0 Å². The van der Waals surface area contributed by atoms with E-state index in [-0.39, 0.29) is 11.4 Å². The summed E-state index contributed by atoms with van der Waals surface area (Å²) in [6.07, 6.45) is 1.50. The first kappa shape index (κ1) is 12.2. The van der Waals surface area contributed by atoms with Gasteiger partial charge in [0.25, 0.3) is 0 Å². The zero-order valence-corrected chi connectivity index (χ0v) is 10.5. The van der Waals surface area contributed by atoms with Gasteiger partial charge in [-0.25, -0.2) is 4.79 Å². The van der Waals surface area contributed by atoms with Crippen LogP contribution in [0.5, 0.6) is 0 Å². The van der Waals surface area contributed by atoms with E-state index in [1.165, 1.54) is 10.9 Å². The number of nitrogen functional groups attached to an aromatic ring is 1. The summed E-state index contributed by atoms with van der Waals surface area (Å²) in [5, 5.41) is 13.9. The second-order valence-electron chi connectivity index (χ2n) is 4.43. The number of aromatic carboxylic acids is 1. The van der Waals surface area contributed by atoms with Crippen LogP contribution in [0.15, 0.2) is 42.6 Å². The summed E-state index contributed by atoms with van der Waals surface area (Å²) in [7, 11) is 0. The monoisotopic (exact) mass is 268 g/mol. The first-order chi connectivity index (χ1) is 9.63. The van der Waals surface area contributed by atoms with E-state index in [0.29, 0.717) is 6.54 Å². The maximum Gasteiger partial charge on any atom is 0.358 e. The van der Waals surface area contributed by atoms with Crippen LogP contribution in [-0.4, -0.2) is 25.8 Å². The number of pyridine rings is 1. The molecule has 6 nitrogen and oxygen atoms in total. The van der Waals surface area contributed by atoms with Gasteiger partial charge in [-0.1, -0.05) is 24.3 Å². The minimum Gasteiger partial charge on any atom is -0.476 e. The van der Waals surface area contributed by atoms with E-state index in [0.717, 1.165) is 16.6 Å². The Morgan fingerprint density at radius 1 is 1.25 bits per heavy atom. The largest absolute Gasteiger partial charge is 0.476 e. The summed E-state index contributed by atoms with van der Waals surface area (Å²) < 4.78 is 1.48. The fourth-order valence-corrected chi connectivity index (χ4v) is 2.05. The second kappa shape index (κ2) is 4.65. The molecular weight excluding hydrogens is 256 g/mol. The predicted octanol–water partition coefficient (Wildman–Crippen LogP) is 1.76. The van der Waals surface area contributed by atoms with Crippen LogP contribution in [-0.2, 0) is 6.54 Å². The molecule has 2 heterocycles. The van der Waals surface area contributed by atoms with Crippen molar-refractivity contribution in [1.29, 1.82) is 0 Å². The van der Waals surface area contributed by atoms with Crippen molar-refractivity contribution < 1.29 is 9.90 Å². The minimum atomic E-state index is -1.13. The molecule has 3 rings (SSSR count). The fraction of sp³-hybridized carbons (Fsp3) is 0.0714. The Balaban J connectivity index is 1.92. The van der Waals surface area contributed by atoms with Crippen LogP contribution in [0, 0.1) is 0 Å². The number of carboxylic acids is 1. The topological polar surface area (TPSA) is 94.0 Å². The van der Waals surface area contributed by atoms with Gasteiger partial charge in [-0.05, 0) is 12.1 Å². The lowest BCUT2D eigenvalue weighted by Crippen LogP contribution is -2.05. The van der Waals surface area contributed by atoms with Gasteiger partial charge < -0.3 is 10.8 Å². The molecule has 0 bridgehead atoms. The molecule has 0 atom stereocenters. The van der Waals surface area contributed by atoms with Crippen molar-refractivity contribution in [2.24, 2.45) is 0 Å². The van der Waals surface area contributed by atoms with Crippen molar-refractivity contribution in [3.8, 4) is 0 Å². The Bertz CT molecular complexity index is 795. The molecule has 0 unspecified atom stereocenters. The van der Waals surface area contributed by atoms with Gasteiger partial charge in [0, 0.05) is 11.6 Å². The van der Waals surface area contributed by atoms with Gasteiger partial charge in [-0.3, -0.25) is 9.67 Å². The van der Waals surface area contributed by atoms with Crippen LogP contribution >= 0.6 is 0 Å². The third kappa shape index (κ3) is 2.18. The SMILES string of the molecule is Nc1cn(Cc2ccc3ccccc3n2)nc1C(=O)O. The van der Waals surface area contributed by atoms with E-state index in [9.17, 15) is 4.79 Å². The third-order valence-electron chi connectivity index (χ3n) is 2.97. The van der Waals surface area contributed by atoms with Gasteiger partial charge in [0.05, 0.1) is 23.4 Å². The summed E-state index contributed by atoms with van der Waals surface area (Å²) >= 11 is 0. The number of benzene rings is 1. The van der Waals surface area contributed by atoms with Gasteiger partial charge in [-0.15, -0.1) is 0 Å². The molecule has 0 aliphatic carbocycles. The van der Waals surface area contributed by atoms with E-state index in [1.807, 2.05) is 36.4 Å². The lowest BCUT2D eigenvalue weighted by atomic mass is 10.2. The molecule has 0 saturated carbocycles. The quantitative estimate of drug-likeness (QED) is 0.754. The molecule has 2 aromatic heterocycles. The van der Waals surface area contributed by atoms with Crippen molar-refractivity contribution in [3.05, 3.63) is 54.0 Å². The van der Waals surface area contributed by atoms with E-state index < -0.39 is 5.97 Å². The zero-order valence-electron chi connectivity index (χ0n) is 10.5. The second-order valence-corrected chi connectivity index (χ2v) is 4.43. The Morgan fingerprint density at radius 3 is 2.80 bits per heavy atom. The van der Waals surface area contributed by atoms with Crippen molar-refractivity contribution in [2.75, 3.05) is 5.73 Å². The van der Waals surface area contributed by atoms with Gasteiger partial charge in [0.2, 0.25) is 0 Å². The van der Waals surface area contributed by atoms with E-state index in [4.69, 9.17) is 10.8 Å². The molecule has 100 valence electrons. The first-order valence-corrected chi connectivity index (χ1v) is 6.04. The van der Waals surface area contributed by atoms with Crippen molar-refractivity contribution >= 4 is 22.6 Å². The van der Waals surface area contributed by atoms with E-state index in [2.05, 4.69) is 10.1 Å². The number of nitrogens with two attached hydrogens (primary N) is 1. The number of aromatic nitrogens is 3. The number of carbonyl (C=O) groups is 1. The Kier molecular flexibility index (Phi) is 2.83. The molecule has 0 fully saturated rings. The summed E-state index contributed by atoms with van der Waals surface area (Å²) in [4.78, 5) is 15.4. The highest BCUT2D eigenvalue weighted by Gasteiger charge is 2.13. The normalized spacial score (nSPS) is 10.8. The average molecular weight is 268 g/mol. The molecule has 0 aliphatic heterocycles. The zero-order chi connectivity index (χ0) is 14.1. The van der Waals surface area contributed by atoms with Crippen molar-refractivity contribution in [2.45, 2.75) is 6.54 Å². The highest BCUT2D eigenvalue weighted by Crippen LogP contribution is 2.14. The molecule has 0 aliphatic rings. The first-order valence-electron chi connectivity index (χ1n) is 6.04. The average Bonchev–Trinajstić information content (AvgIpc) is 2.79. The lowest BCUT2D eigenvalue weighted by molar-refractivity contribution is 0.0690. The maximum absolute atomic E-state index is 10.9. The maximum atomic E-state index is 10.9. The summed E-state index contributed by atoms with van der Waals surface area (Å²) in [5.74, 6) is -1.13. The Morgan fingerprint density at radius 2 is 2.05 bits per heavy atom. The van der Waals surface area contributed by atoms with Gasteiger partial charge in [0.15, 0.2) is 5.69 Å². The van der Waals surface area contributed by atoms with Gasteiger partial charge in [0.1, 0.15) is 0 Å². The number of carboxylic acid groups (broad SMARTS) is 1. The van der Waals surface area contributed by atoms with Crippen LogP contribution in [0.25, 0.3) is 10.9 Å². The number of fused-ring (bicyclic) bond motifs is 1. The van der Waals surface area contributed by atoms with Crippen LogP contribution in [0.1, 0.15) is 16.2 Å². The molecule has 1 aromatic carbocycles. The Labute approximate surface area is 114 Å². The molecule has 0 radical (unpaired) electrons. The number of anilines is 1. The van der Waals surface area contributed by atoms with Crippen molar-refractivity contribution in [3.63, 3.8) is 0 Å². The molecule has 0 amide bonds. The minimum absolute atomic E-state index is 0.134. The number of hydrogen-bond donors (Lipinski definition) is 2. The molecule has 3 N–H and O–H groups in total. The molecule has 0 spiro atoms. The molecule has 0 saturated heterocycles. The molecule has 6 heteroatoms. The summed E-state index contributed by atoms with van der Waals surface area (Å²) in [6.45, 7) is 0.377. The molecule has 20 heavy (non-hydrogen) atoms. The molecule has 3 aromatic rings. The van der Waals surface area contributed by atoms with Gasteiger partial charge >= 0.3 is 5.97 Å². The van der Waals surface area contributed by atoms with Crippen LogP contribution < -0.4 is 5.73 Å². The third-order valence-corrected chi connectivity index (χ3v) is 2.97. The fourth-order valence-electron chi connectivity index (χ4n) is 2.05. The smallest absolute Gasteiger partial charge is 0.358 e. The lowest BCUT2D eigenvalue weighted by Gasteiger charge is -2.03. The number of hydrogen-bond acceptors (Lipinski definition) is 4.